The highest BCUT2D eigenvalue weighted by Crippen LogP contribution is 2.33. The van der Waals surface area contributed by atoms with E-state index in [9.17, 15) is 17.6 Å². The van der Waals surface area contributed by atoms with Crippen LogP contribution in [-0.2, 0) is 12.8 Å². The Morgan fingerprint density at radius 3 is 2.60 bits per heavy atom. The molecule has 3 rings (SSSR count). The standard InChI is InChI=1S/C21H18F4N2O2S/c1-28-20-19(27-30-2)9-14(11-26-20)17-10-16(6-7-18(17)22)29-12-13-4-3-5-15(8-13)21(23,24)25/h3-11,27H,12H2,1-2H3. The van der Waals surface area contributed by atoms with Crippen molar-refractivity contribution >= 4 is 17.6 Å². The van der Waals surface area contributed by atoms with E-state index in [0.29, 0.717) is 28.4 Å². The Balaban J connectivity index is 1.83. The van der Waals surface area contributed by atoms with Gasteiger partial charge in [0, 0.05) is 23.6 Å². The average Bonchev–Trinajstić information content (AvgIpc) is 2.73. The quantitative estimate of drug-likeness (QED) is 0.352. The fourth-order valence-electron chi connectivity index (χ4n) is 2.76. The largest absolute Gasteiger partial charge is 0.489 e. The molecule has 0 amide bonds. The highest BCUT2D eigenvalue weighted by molar-refractivity contribution is 7.99. The number of alkyl halides is 3. The van der Waals surface area contributed by atoms with Gasteiger partial charge in [0.1, 0.15) is 23.9 Å². The van der Waals surface area contributed by atoms with Crippen LogP contribution in [0.4, 0.5) is 23.2 Å². The van der Waals surface area contributed by atoms with Gasteiger partial charge in [-0.1, -0.05) is 24.1 Å². The molecule has 4 nitrogen and oxygen atoms in total. The molecule has 1 heterocycles. The van der Waals surface area contributed by atoms with E-state index < -0.39 is 17.6 Å². The molecule has 0 spiro atoms. The Hall–Kier alpha value is -2.94. The van der Waals surface area contributed by atoms with E-state index in [2.05, 4.69) is 9.71 Å². The monoisotopic (exact) mass is 438 g/mol. The third-order valence-electron chi connectivity index (χ3n) is 4.17. The fraction of sp³-hybridized carbons (Fsp3) is 0.190. The van der Waals surface area contributed by atoms with E-state index in [4.69, 9.17) is 9.47 Å². The molecule has 0 atom stereocenters. The first-order chi connectivity index (χ1) is 14.3. The Labute approximate surface area is 175 Å². The minimum atomic E-state index is -4.43. The zero-order valence-corrected chi connectivity index (χ0v) is 16.9. The molecule has 0 radical (unpaired) electrons. The fourth-order valence-corrected chi connectivity index (χ4v) is 3.13. The summed E-state index contributed by atoms with van der Waals surface area (Å²) in [4.78, 5) is 4.18. The number of nitrogens with one attached hydrogen (secondary N) is 1. The van der Waals surface area contributed by atoms with Crippen molar-refractivity contribution in [3.05, 3.63) is 71.7 Å². The van der Waals surface area contributed by atoms with Gasteiger partial charge in [-0.15, -0.1) is 0 Å². The number of methoxy groups -OCH3 is 1. The molecule has 0 saturated heterocycles. The maximum Gasteiger partial charge on any atom is 0.416 e. The SMILES string of the molecule is COc1ncc(-c2cc(OCc3cccc(C(F)(F)F)c3)ccc2F)cc1NSC. The van der Waals surface area contributed by atoms with Crippen LogP contribution in [0.3, 0.4) is 0 Å². The molecular formula is C21H18F4N2O2S. The van der Waals surface area contributed by atoms with Crippen molar-refractivity contribution in [2.45, 2.75) is 12.8 Å². The van der Waals surface area contributed by atoms with E-state index >= 15 is 0 Å². The average molecular weight is 438 g/mol. The number of hydrogen-bond acceptors (Lipinski definition) is 5. The number of halogens is 4. The predicted molar refractivity (Wildman–Crippen MR) is 109 cm³/mol. The van der Waals surface area contributed by atoms with Gasteiger partial charge in [0.05, 0.1) is 12.7 Å². The van der Waals surface area contributed by atoms with Crippen LogP contribution in [0.15, 0.2) is 54.7 Å². The molecule has 2 aromatic carbocycles. The van der Waals surface area contributed by atoms with E-state index in [-0.39, 0.29) is 12.2 Å². The van der Waals surface area contributed by atoms with Gasteiger partial charge >= 0.3 is 6.18 Å². The molecule has 9 heteroatoms. The third-order valence-corrected chi connectivity index (χ3v) is 4.59. The van der Waals surface area contributed by atoms with Gasteiger partial charge in [0.2, 0.25) is 5.88 Å². The van der Waals surface area contributed by atoms with Crippen LogP contribution in [0.25, 0.3) is 11.1 Å². The van der Waals surface area contributed by atoms with Crippen LogP contribution >= 0.6 is 11.9 Å². The Morgan fingerprint density at radius 1 is 1.10 bits per heavy atom. The molecule has 0 aliphatic rings. The van der Waals surface area contributed by atoms with Crippen molar-refractivity contribution < 1.29 is 27.0 Å². The summed E-state index contributed by atoms with van der Waals surface area (Å²) >= 11 is 1.34. The number of pyridine rings is 1. The zero-order valence-electron chi connectivity index (χ0n) is 16.1. The normalized spacial score (nSPS) is 11.3. The highest BCUT2D eigenvalue weighted by Gasteiger charge is 2.30. The number of nitrogens with zero attached hydrogens (tertiary/aromatic N) is 1. The number of rotatable bonds is 7. The lowest BCUT2D eigenvalue weighted by Gasteiger charge is -2.13. The molecule has 158 valence electrons. The third kappa shape index (κ3) is 5.15. The Bertz CT molecular complexity index is 1030. The molecule has 3 aromatic rings. The molecule has 0 unspecified atom stereocenters. The minimum absolute atomic E-state index is 0.0882. The van der Waals surface area contributed by atoms with Gasteiger partial charge in [-0.2, -0.15) is 13.2 Å². The molecule has 1 N–H and O–H groups in total. The summed E-state index contributed by atoms with van der Waals surface area (Å²) in [5, 5.41) is 0. The molecule has 1 aromatic heterocycles. The second-order valence-electron chi connectivity index (χ2n) is 6.22. The van der Waals surface area contributed by atoms with Crippen LogP contribution in [-0.4, -0.2) is 18.3 Å². The van der Waals surface area contributed by atoms with Crippen LogP contribution in [0.5, 0.6) is 11.6 Å². The summed E-state index contributed by atoms with van der Waals surface area (Å²) in [5.41, 5.74) is 0.928. The summed E-state index contributed by atoms with van der Waals surface area (Å²) in [6, 6.07) is 10.7. The zero-order chi connectivity index (χ0) is 21.7. The van der Waals surface area contributed by atoms with Gasteiger partial charge in [0.15, 0.2) is 0 Å². The van der Waals surface area contributed by atoms with Gasteiger partial charge in [0.25, 0.3) is 0 Å². The summed E-state index contributed by atoms with van der Waals surface area (Å²) in [6.07, 6.45) is -1.13. The number of aromatic nitrogens is 1. The van der Waals surface area contributed by atoms with Crippen LogP contribution in [0, 0.1) is 5.82 Å². The molecular weight excluding hydrogens is 420 g/mol. The van der Waals surface area contributed by atoms with Crippen molar-refractivity contribution in [2.24, 2.45) is 0 Å². The number of benzene rings is 2. The van der Waals surface area contributed by atoms with E-state index in [1.807, 2.05) is 6.26 Å². The lowest BCUT2D eigenvalue weighted by molar-refractivity contribution is -0.137. The first kappa shape index (κ1) is 21.8. The first-order valence-corrected chi connectivity index (χ1v) is 9.96. The molecule has 0 aliphatic heterocycles. The molecule has 0 bridgehead atoms. The van der Waals surface area contributed by atoms with Gasteiger partial charge in [-0.05, 0) is 42.0 Å². The summed E-state index contributed by atoms with van der Waals surface area (Å²) in [7, 11) is 1.48. The Morgan fingerprint density at radius 2 is 1.90 bits per heavy atom. The Kier molecular flexibility index (Phi) is 6.71. The van der Waals surface area contributed by atoms with Gasteiger partial charge < -0.3 is 14.2 Å². The maximum absolute atomic E-state index is 14.4. The summed E-state index contributed by atoms with van der Waals surface area (Å²) in [5.74, 6) is 0.202. The van der Waals surface area contributed by atoms with Gasteiger partial charge in [-0.25, -0.2) is 9.37 Å². The minimum Gasteiger partial charge on any atom is -0.489 e. The number of hydrogen-bond donors (Lipinski definition) is 1. The second kappa shape index (κ2) is 9.25. The van der Waals surface area contributed by atoms with Crippen LogP contribution in [0.1, 0.15) is 11.1 Å². The van der Waals surface area contributed by atoms with Crippen LogP contribution in [0.2, 0.25) is 0 Å². The number of anilines is 1. The van der Waals surface area contributed by atoms with Crippen molar-refractivity contribution in [3.63, 3.8) is 0 Å². The first-order valence-electron chi connectivity index (χ1n) is 8.73. The molecule has 0 aliphatic carbocycles. The lowest BCUT2D eigenvalue weighted by atomic mass is 10.1. The van der Waals surface area contributed by atoms with E-state index in [1.165, 1.54) is 55.6 Å². The smallest absolute Gasteiger partial charge is 0.416 e. The van der Waals surface area contributed by atoms with Crippen LogP contribution < -0.4 is 14.2 Å². The summed E-state index contributed by atoms with van der Waals surface area (Å²) < 4.78 is 66.8. The lowest BCUT2D eigenvalue weighted by Crippen LogP contribution is -2.06. The molecule has 0 saturated carbocycles. The summed E-state index contributed by atoms with van der Waals surface area (Å²) in [6.45, 7) is -0.0882. The van der Waals surface area contributed by atoms with Crippen molar-refractivity contribution in [1.82, 2.24) is 4.98 Å². The highest BCUT2D eigenvalue weighted by atomic mass is 32.2. The molecule has 30 heavy (non-hydrogen) atoms. The van der Waals surface area contributed by atoms with E-state index in [0.717, 1.165) is 12.1 Å². The maximum atomic E-state index is 14.4. The van der Waals surface area contributed by atoms with Crippen molar-refractivity contribution in [3.8, 4) is 22.8 Å². The van der Waals surface area contributed by atoms with Crippen molar-refractivity contribution in [2.75, 3.05) is 18.1 Å². The predicted octanol–water partition coefficient (Wildman–Crippen LogP) is 6.18. The number of ether oxygens (including phenoxy) is 2. The topological polar surface area (TPSA) is 43.4 Å². The van der Waals surface area contributed by atoms with Gasteiger partial charge in [-0.3, -0.25) is 0 Å². The second-order valence-corrected chi connectivity index (χ2v) is 6.83. The molecule has 0 fully saturated rings. The van der Waals surface area contributed by atoms with Crippen molar-refractivity contribution in [1.29, 1.82) is 0 Å². The van der Waals surface area contributed by atoms with E-state index in [1.54, 1.807) is 6.07 Å².